The lowest BCUT2D eigenvalue weighted by Gasteiger charge is -2.30. The Morgan fingerprint density at radius 3 is 1.95 bits per heavy atom. The molecule has 0 radical (unpaired) electrons. The quantitative estimate of drug-likeness (QED) is 0.783. The van der Waals surface area contributed by atoms with Gasteiger partial charge in [-0.3, -0.25) is 0 Å². The minimum absolute atomic E-state index is 0.159. The average Bonchev–Trinajstić information content (AvgIpc) is 3.32. The second-order valence-electron chi connectivity index (χ2n) is 6.82. The summed E-state index contributed by atoms with van der Waals surface area (Å²) in [5.41, 5.74) is -1.01. The van der Waals surface area contributed by atoms with Gasteiger partial charge < -0.3 is 15.3 Å². The van der Waals surface area contributed by atoms with E-state index in [1.165, 1.54) is 25.7 Å². The highest BCUT2D eigenvalue weighted by atomic mass is 16.4. The van der Waals surface area contributed by atoms with E-state index < -0.39 is 11.5 Å². The molecule has 0 bridgehead atoms. The third-order valence-electron chi connectivity index (χ3n) is 4.85. The van der Waals surface area contributed by atoms with Crippen molar-refractivity contribution in [2.45, 2.75) is 56.9 Å². The molecule has 20 heavy (non-hydrogen) atoms. The number of carboxylic acid groups (broad SMARTS) is 1. The molecule has 112 valence electrons. The van der Waals surface area contributed by atoms with Gasteiger partial charge >= 0.3 is 12.0 Å². The molecule has 0 aromatic rings. The monoisotopic (exact) mass is 280 g/mol. The van der Waals surface area contributed by atoms with Crippen molar-refractivity contribution >= 4 is 12.0 Å². The van der Waals surface area contributed by atoms with E-state index in [2.05, 4.69) is 5.32 Å². The van der Waals surface area contributed by atoms with Crippen LogP contribution < -0.4 is 5.32 Å². The van der Waals surface area contributed by atoms with Crippen molar-refractivity contribution < 1.29 is 14.7 Å². The predicted molar refractivity (Wildman–Crippen MR) is 74.4 cm³/mol. The summed E-state index contributed by atoms with van der Waals surface area (Å²) in [6.07, 6.45) is 7.73. The smallest absolute Gasteiger partial charge is 0.329 e. The van der Waals surface area contributed by atoms with Crippen LogP contribution in [-0.4, -0.2) is 40.6 Å². The van der Waals surface area contributed by atoms with E-state index in [0.717, 1.165) is 25.9 Å². The zero-order valence-electron chi connectivity index (χ0n) is 11.9. The maximum absolute atomic E-state index is 12.5. The van der Waals surface area contributed by atoms with Crippen molar-refractivity contribution in [2.75, 3.05) is 13.1 Å². The summed E-state index contributed by atoms with van der Waals surface area (Å²) in [4.78, 5) is 25.9. The maximum Gasteiger partial charge on any atom is 0.329 e. The Morgan fingerprint density at radius 2 is 1.55 bits per heavy atom. The lowest BCUT2D eigenvalue weighted by Crippen LogP contribution is -2.56. The molecule has 0 unspecified atom stereocenters. The van der Waals surface area contributed by atoms with Crippen molar-refractivity contribution in [1.82, 2.24) is 10.2 Å². The first-order valence-electron chi connectivity index (χ1n) is 7.89. The number of amides is 2. The molecule has 2 amide bonds. The molecule has 3 aliphatic rings. The molecule has 0 atom stereocenters. The summed E-state index contributed by atoms with van der Waals surface area (Å²) in [7, 11) is 0. The lowest BCUT2D eigenvalue weighted by atomic mass is 9.98. The van der Waals surface area contributed by atoms with Crippen LogP contribution >= 0.6 is 0 Å². The molecule has 3 rings (SSSR count). The van der Waals surface area contributed by atoms with Crippen LogP contribution in [0.2, 0.25) is 0 Å². The Hall–Kier alpha value is -1.26. The largest absolute Gasteiger partial charge is 0.480 e. The van der Waals surface area contributed by atoms with E-state index in [9.17, 15) is 14.7 Å². The highest BCUT2D eigenvalue weighted by Gasteiger charge is 2.44. The van der Waals surface area contributed by atoms with Gasteiger partial charge in [0.1, 0.15) is 5.54 Å². The average molecular weight is 280 g/mol. The van der Waals surface area contributed by atoms with Crippen LogP contribution in [0.3, 0.4) is 0 Å². The number of carbonyl (C=O) groups excluding carboxylic acids is 1. The molecule has 3 saturated carbocycles. The summed E-state index contributed by atoms with van der Waals surface area (Å²) in [5, 5.41) is 12.3. The number of carbonyl (C=O) groups is 2. The summed E-state index contributed by atoms with van der Waals surface area (Å²) in [5.74, 6) is 0.411. The molecule has 0 saturated heterocycles. The highest BCUT2D eigenvalue weighted by Crippen LogP contribution is 2.35. The first-order valence-corrected chi connectivity index (χ1v) is 7.89. The van der Waals surface area contributed by atoms with Gasteiger partial charge in [0.15, 0.2) is 0 Å². The number of hydrogen-bond donors (Lipinski definition) is 2. The maximum atomic E-state index is 12.5. The summed E-state index contributed by atoms with van der Waals surface area (Å²) in [6, 6.07) is -0.159. The van der Waals surface area contributed by atoms with Crippen LogP contribution in [0.4, 0.5) is 4.79 Å². The van der Waals surface area contributed by atoms with Gasteiger partial charge in [-0.25, -0.2) is 9.59 Å². The normalized spacial score (nSPS) is 24.4. The van der Waals surface area contributed by atoms with Crippen LogP contribution in [0.15, 0.2) is 0 Å². The minimum atomic E-state index is -1.01. The van der Waals surface area contributed by atoms with Gasteiger partial charge in [-0.15, -0.1) is 0 Å². The molecule has 0 heterocycles. The van der Waals surface area contributed by atoms with Gasteiger partial charge in [-0.2, -0.15) is 0 Å². The van der Waals surface area contributed by atoms with Crippen molar-refractivity contribution in [3.05, 3.63) is 0 Å². The molecule has 3 aliphatic carbocycles. The molecule has 5 nitrogen and oxygen atoms in total. The number of urea groups is 1. The molecule has 5 heteroatoms. The predicted octanol–water partition coefficient (Wildman–Crippen LogP) is 2.22. The number of carboxylic acids is 1. The first-order chi connectivity index (χ1) is 9.59. The van der Waals surface area contributed by atoms with Crippen LogP contribution in [0.5, 0.6) is 0 Å². The van der Waals surface area contributed by atoms with Crippen molar-refractivity contribution in [2.24, 2.45) is 11.8 Å². The molecule has 0 aliphatic heterocycles. The number of rotatable bonds is 6. The van der Waals surface area contributed by atoms with Crippen LogP contribution in [-0.2, 0) is 4.79 Å². The van der Waals surface area contributed by atoms with Crippen LogP contribution in [0.1, 0.15) is 51.4 Å². The van der Waals surface area contributed by atoms with E-state index >= 15 is 0 Å². The van der Waals surface area contributed by atoms with Crippen molar-refractivity contribution in [3.63, 3.8) is 0 Å². The van der Waals surface area contributed by atoms with Gasteiger partial charge in [0.25, 0.3) is 0 Å². The number of hydrogen-bond acceptors (Lipinski definition) is 2. The number of nitrogens with one attached hydrogen (secondary N) is 1. The number of nitrogens with zero attached hydrogens (tertiary/aromatic N) is 1. The van der Waals surface area contributed by atoms with E-state index in [1.807, 2.05) is 4.90 Å². The van der Waals surface area contributed by atoms with Gasteiger partial charge in [0.2, 0.25) is 0 Å². The van der Waals surface area contributed by atoms with Crippen LogP contribution in [0.25, 0.3) is 0 Å². The van der Waals surface area contributed by atoms with Crippen molar-refractivity contribution in [1.29, 1.82) is 0 Å². The molecular formula is C15H24N2O3. The Balaban J connectivity index is 1.63. The van der Waals surface area contributed by atoms with E-state index in [1.54, 1.807) is 0 Å². The standard InChI is InChI=1S/C15H24N2O3/c18-13(19)15(7-1-2-8-15)16-14(20)17(9-11-3-4-11)10-12-5-6-12/h11-12H,1-10H2,(H,16,20)(H,18,19). The first kappa shape index (κ1) is 13.7. The molecular weight excluding hydrogens is 256 g/mol. The van der Waals surface area contributed by atoms with Gasteiger partial charge in [-0.1, -0.05) is 12.8 Å². The topological polar surface area (TPSA) is 69.6 Å². The Morgan fingerprint density at radius 1 is 1.05 bits per heavy atom. The highest BCUT2D eigenvalue weighted by molar-refractivity contribution is 5.86. The minimum Gasteiger partial charge on any atom is -0.480 e. The fourth-order valence-corrected chi connectivity index (χ4v) is 3.12. The summed E-state index contributed by atoms with van der Waals surface area (Å²) >= 11 is 0. The Labute approximate surface area is 119 Å². The van der Waals surface area contributed by atoms with E-state index in [0.29, 0.717) is 24.7 Å². The zero-order valence-corrected chi connectivity index (χ0v) is 11.9. The fourth-order valence-electron chi connectivity index (χ4n) is 3.12. The van der Waals surface area contributed by atoms with E-state index in [-0.39, 0.29) is 6.03 Å². The summed E-state index contributed by atoms with van der Waals surface area (Å²) in [6.45, 7) is 1.61. The lowest BCUT2D eigenvalue weighted by molar-refractivity contribution is -0.144. The molecule has 0 spiro atoms. The molecule has 3 fully saturated rings. The van der Waals surface area contributed by atoms with Gasteiger partial charge in [0, 0.05) is 13.1 Å². The van der Waals surface area contributed by atoms with Gasteiger partial charge in [-0.05, 0) is 50.4 Å². The number of aliphatic carboxylic acids is 1. The second kappa shape index (κ2) is 5.26. The van der Waals surface area contributed by atoms with Crippen molar-refractivity contribution in [3.8, 4) is 0 Å². The summed E-state index contributed by atoms with van der Waals surface area (Å²) < 4.78 is 0. The molecule has 0 aromatic heterocycles. The second-order valence-corrected chi connectivity index (χ2v) is 6.82. The third-order valence-corrected chi connectivity index (χ3v) is 4.85. The SMILES string of the molecule is O=C(NC1(C(=O)O)CCCC1)N(CC1CC1)CC1CC1. The third kappa shape index (κ3) is 3.07. The van der Waals surface area contributed by atoms with Gasteiger partial charge in [0.05, 0.1) is 0 Å². The zero-order chi connectivity index (χ0) is 14.2. The van der Waals surface area contributed by atoms with Crippen LogP contribution in [0, 0.1) is 11.8 Å². The Bertz CT molecular complexity index is 382. The Kier molecular flexibility index (Phi) is 3.61. The van der Waals surface area contributed by atoms with E-state index in [4.69, 9.17) is 0 Å². The molecule has 2 N–H and O–H groups in total. The molecule has 0 aromatic carbocycles. The fraction of sp³-hybridized carbons (Fsp3) is 0.867.